The average molecular weight is 380 g/mol. The lowest BCUT2D eigenvalue weighted by Crippen LogP contribution is -2.04. The minimum absolute atomic E-state index is 0.515. The first kappa shape index (κ1) is 19.3. The van der Waals surface area contributed by atoms with Crippen LogP contribution in [0.2, 0.25) is 0 Å². The fourth-order valence-electron chi connectivity index (χ4n) is 2.63. The van der Waals surface area contributed by atoms with E-state index in [0.29, 0.717) is 30.6 Å². The van der Waals surface area contributed by atoms with Crippen molar-refractivity contribution < 1.29 is 14.2 Å². The molecule has 2 N–H and O–H groups in total. The molecule has 0 atom stereocenters. The van der Waals surface area contributed by atoms with Crippen molar-refractivity contribution in [1.29, 1.82) is 0 Å². The zero-order valence-electron chi connectivity index (χ0n) is 16.2. The van der Waals surface area contributed by atoms with Gasteiger partial charge < -0.3 is 24.8 Å². The highest BCUT2D eigenvalue weighted by Crippen LogP contribution is 2.27. The van der Waals surface area contributed by atoms with Gasteiger partial charge in [0.1, 0.15) is 11.6 Å². The highest BCUT2D eigenvalue weighted by Gasteiger charge is 2.05. The number of ether oxygens (including phenoxy) is 3. The second-order valence-electron chi connectivity index (χ2n) is 5.89. The van der Waals surface area contributed by atoms with Crippen molar-refractivity contribution in [3.05, 3.63) is 60.3 Å². The van der Waals surface area contributed by atoms with Gasteiger partial charge in [-0.2, -0.15) is 4.98 Å². The fraction of sp³-hybridized carbons (Fsp3) is 0.238. The van der Waals surface area contributed by atoms with Crippen LogP contribution in [0.1, 0.15) is 12.5 Å². The lowest BCUT2D eigenvalue weighted by molar-refractivity contribution is 0.340. The summed E-state index contributed by atoms with van der Waals surface area (Å²) in [6.07, 6.45) is 1.71. The van der Waals surface area contributed by atoms with E-state index in [-0.39, 0.29) is 0 Å². The molecule has 0 radical (unpaired) electrons. The van der Waals surface area contributed by atoms with Crippen LogP contribution in [0.15, 0.2) is 54.7 Å². The molecule has 0 unspecified atom stereocenters. The molecule has 0 saturated heterocycles. The van der Waals surface area contributed by atoms with E-state index < -0.39 is 0 Å². The number of benzene rings is 2. The third-order valence-electron chi connectivity index (χ3n) is 4.00. The Kier molecular flexibility index (Phi) is 6.51. The van der Waals surface area contributed by atoms with Crippen molar-refractivity contribution in [2.24, 2.45) is 0 Å². The summed E-state index contributed by atoms with van der Waals surface area (Å²) in [6.45, 7) is 3.20. The normalized spacial score (nSPS) is 10.2. The van der Waals surface area contributed by atoms with Gasteiger partial charge in [-0.1, -0.05) is 6.07 Å². The molecular weight excluding hydrogens is 356 g/mol. The number of aromatic nitrogens is 2. The van der Waals surface area contributed by atoms with E-state index in [1.54, 1.807) is 20.4 Å². The molecule has 0 aliphatic heterocycles. The van der Waals surface area contributed by atoms with Gasteiger partial charge in [0.2, 0.25) is 5.95 Å². The van der Waals surface area contributed by atoms with Crippen LogP contribution in [-0.4, -0.2) is 30.8 Å². The maximum absolute atomic E-state index is 5.45. The van der Waals surface area contributed by atoms with E-state index in [2.05, 4.69) is 20.6 Å². The van der Waals surface area contributed by atoms with Crippen LogP contribution < -0.4 is 24.8 Å². The summed E-state index contributed by atoms with van der Waals surface area (Å²) in [5, 5.41) is 6.49. The summed E-state index contributed by atoms with van der Waals surface area (Å²) in [5.74, 6) is 3.47. The van der Waals surface area contributed by atoms with E-state index >= 15 is 0 Å². The maximum atomic E-state index is 5.45. The van der Waals surface area contributed by atoms with Gasteiger partial charge in [-0.15, -0.1) is 0 Å². The first-order valence-electron chi connectivity index (χ1n) is 8.99. The molecule has 0 bridgehead atoms. The summed E-state index contributed by atoms with van der Waals surface area (Å²) in [5.41, 5.74) is 1.94. The Morgan fingerprint density at radius 1 is 0.929 bits per heavy atom. The topological polar surface area (TPSA) is 77.5 Å². The van der Waals surface area contributed by atoms with Crippen molar-refractivity contribution in [3.8, 4) is 17.2 Å². The Labute approximate surface area is 164 Å². The van der Waals surface area contributed by atoms with Gasteiger partial charge >= 0.3 is 0 Å². The van der Waals surface area contributed by atoms with E-state index in [4.69, 9.17) is 14.2 Å². The molecule has 0 fully saturated rings. The molecule has 0 amide bonds. The second kappa shape index (κ2) is 9.45. The molecule has 0 aliphatic rings. The second-order valence-corrected chi connectivity index (χ2v) is 5.89. The molecule has 146 valence electrons. The highest BCUT2D eigenvalue weighted by atomic mass is 16.5. The lowest BCUT2D eigenvalue weighted by Gasteiger charge is -2.11. The van der Waals surface area contributed by atoms with Crippen LogP contribution in [0.5, 0.6) is 17.2 Å². The molecular formula is C21H24N4O3. The van der Waals surface area contributed by atoms with Gasteiger partial charge in [-0.3, -0.25) is 0 Å². The molecule has 2 aromatic carbocycles. The minimum atomic E-state index is 0.515. The van der Waals surface area contributed by atoms with Crippen LogP contribution in [0.25, 0.3) is 0 Å². The van der Waals surface area contributed by atoms with Gasteiger partial charge in [-0.05, 0) is 55.0 Å². The van der Waals surface area contributed by atoms with Crippen molar-refractivity contribution >= 4 is 17.5 Å². The Morgan fingerprint density at radius 2 is 1.71 bits per heavy atom. The summed E-state index contributed by atoms with van der Waals surface area (Å²) >= 11 is 0. The van der Waals surface area contributed by atoms with E-state index in [0.717, 1.165) is 22.8 Å². The first-order valence-corrected chi connectivity index (χ1v) is 8.99. The van der Waals surface area contributed by atoms with Crippen molar-refractivity contribution in [3.63, 3.8) is 0 Å². The quantitative estimate of drug-likeness (QED) is 0.575. The Hall–Kier alpha value is -3.48. The molecule has 28 heavy (non-hydrogen) atoms. The number of anilines is 3. The molecule has 7 heteroatoms. The third-order valence-corrected chi connectivity index (χ3v) is 4.00. The maximum Gasteiger partial charge on any atom is 0.229 e. The summed E-state index contributed by atoms with van der Waals surface area (Å²) in [4.78, 5) is 8.77. The van der Waals surface area contributed by atoms with Crippen molar-refractivity contribution in [1.82, 2.24) is 9.97 Å². The monoisotopic (exact) mass is 380 g/mol. The van der Waals surface area contributed by atoms with Gasteiger partial charge in [-0.25, -0.2) is 4.98 Å². The van der Waals surface area contributed by atoms with Crippen LogP contribution in [0, 0.1) is 0 Å². The number of hydrogen-bond acceptors (Lipinski definition) is 7. The Bertz CT molecular complexity index is 900. The zero-order valence-corrected chi connectivity index (χ0v) is 16.2. The smallest absolute Gasteiger partial charge is 0.229 e. The van der Waals surface area contributed by atoms with Gasteiger partial charge in [0.25, 0.3) is 0 Å². The molecule has 0 aliphatic carbocycles. The molecule has 1 aromatic heterocycles. The fourth-order valence-corrected chi connectivity index (χ4v) is 2.63. The largest absolute Gasteiger partial charge is 0.494 e. The van der Waals surface area contributed by atoms with Crippen molar-refractivity contribution in [2.45, 2.75) is 13.5 Å². The molecule has 0 spiro atoms. The number of methoxy groups -OCH3 is 2. The van der Waals surface area contributed by atoms with E-state index in [1.807, 2.05) is 55.5 Å². The van der Waals surface area contributed by atoms with Crippen LogP contribution in [-0.2, 0) is 6.54 Å². The summed E-state index contributed by atoms with van der Waals surface area (Å²) in [7, 11) is 3.24. The van der Waals surface area contributed by atoms with E-state index in [9.17, 15) is 0 Å². The van der Waals surface area contributed by atoms with Crippen LogP contribution in [0.4, 0.5) is 17.5 Å². The average Bonchev–Trinajstić information content (AvgIpc) is 2.74. The van der Waals surface area contributed by atoms with Gasteiger partial charge in [0.05, 0.1) is 20.8 Å². The number of nitrogens with one attached hydrogen (secondary N) is 2. The predicted octanol–water partition coefficient (Wildman–Crippen LogP) is 4.25. The van der Waals surface area contributed by atoms with Crippen molar-refractivity contribution in [2.75, 3.05) is 31.5 Å². The Morgan fingerprint density at radius 3 is 2.43 bits per heavy atom. The van der Waals surface area contributed by atoms with Gasteiger partial charge in [0, 0.05) is 18.4 Å². The molecule has 7 nitrogen and oxygen atoms in total. The zero-order chi connectivity index (χ0) is 19.8. The Balaban J connectivity index is 1.63. The molecule has 1 heterocycles. The number of nitrogens with zero attached hydrogens (tertiary/aromatic N) is 2. The van der Waals surface area contributed by atoms with Crippen LogP contribution >= 0.6 is 0 Å². The van der Waals surface area contributed by atoms with Crippen LogP contribution in [0.3, 0.4) is 0 Å². The van der Waals surface area contributed by atoms with Gasteiger partial charge in [0.15, 0.2) is 11.5 Å². The predicted molar refractivity (Wildman–Crippen MR) is 110 cm³/mol. The SMILES string of the molecule is CCOc1ccc(Nc2nccc(NCc3ccc(OC)c(OC)c3)n2)cc1. The number of rotatable bonds is 9. The van der Waals surface area contributed by atoms with E-state index in [1.165, 1.54) is 0 Å². The third kappa shape index (κ3) is 5.03. The summed E-state index contributed by atoms with van der Waals surface area (Å²) in [6, 6.07) is 15.3. The highest BCUT2D eigenvalue weighted by molar-refractivity contribution is 5.56. The molecule has 3 aromatic rings. The first-order chi connectivity index (χ1) is 13.7. The number of hydrogen-bond donors (Lipinski definition) is 2. The molecule has 0 saturated carbocycles. The minimum Gasteiger partial charge on any atom is -0.494 e. The molecule has 3 rings (SSSR count). The lowest BCUT2D eigenvalue weighted by atomic mass is 10.2. The summed E-state index contributed by atoms with van der Waals surface area (Å²) < 4.78 is 16.1. The standard InChI is InChI=1S/C21H24N4O3/c1-4-28-17-8-6-16(7-9-17)24-21-22-12-11-20(25-21)23-14-15-5-10-18(26-2)19(13-15)27-3/h5-13H,4,14H2,1-3H3,(H2,22,23,24,25).